The van der Waals surface area contributed by atoms with Crippen LogP contribution in [0, 0.1) is 11.7 Å². The summed E-state index contributed by atoms with van der Waals surface area (Å²) < 4.78 is 7.87. The monoisotopic (exact) mass is 475 g/mol. The fourth-order valence-corrected chi connectivity index (χ4v) is 5.06. The Morgan fingerprint density at radius 2 is 1.94 bits per heavy atom. The lowest BCUT2D eigenvalue weighted by Gasteiger charge is -2.32. The van der Waals surface area contributed by atoms with Crippen molar-refractivity contribution in [3.63, 3.8) is 0 Å². The van der Waals surface area contributed by atoms with E-state index in [1.54, 1.807) is 7.11 Å². The van der Waals surface area contributed by atoms with Crippen LogP contribution in [0.15, 0.2) is 48.7 Å². The van der Waals surface area contributed by atoms with Crippen LogP contribution >= 0.6 is 12.2 Å². The smallest absolute Gasteiger partial charge is 0.224 e. The molecule has 2 N–H and O–H groups in total. The van der Waals surface area contributed by atoms with Crippen LogP contribution in [0.1, 0.15) is 36.3 Å². The lowest BCUT2D eigenvalue weighted by molar-refractivity contribution is -0.132. The van der Waals surface area contributed by atoms with Gasteiger partial charge in [-0.25, -0.2) is 0 Å². The zero-order valence-corrected chi connectivity index (χ0v) is 20.3. The minimum absolute atomic E-state index is 0.164. The third kappa shape index (κ3) is 4.37. The quantitative estimate of drug-likeness (QED) is 0.376. The molecule has 0 saturated carbocycles. The lowest BCUT2D eigenvalue weighted by atomic mass is 9.89. The first-order valence-corrected chi connectivity index (χ1v) is 12.1. The van der Waals surface area contributed by atoms with Gasteiger partial charge in [-0.3, -0.25) is 14.5 Å². The Morgan fingerprint density at radius 1 is 1.18 bits per heavy atom. The van der Waals surface area contributed by atoms with E-state index >= 15 is 0 Å². The van der Waals surface area contributed by atoms with E-state index in [2.05, 4.69) is 52.6 Å². The van der Waals surface area contributed by atoms with Crippen molar-refractivity contribution in [2.45, 2.75) is 38.6 Å². The number of ether oxygens (including phenoxy) is 1. The molecule has 0 radical (unpaired) electrons. The molecule has 176 valence electrons. The molecule has 1 amide bonds. The molecule has 8 heteroatoms. The van der Waals surface area contributed by atoms with Crippen molar-refractivity contribution < 1.29 is 9.53 Å². The van der Waals surface area contributed by atoms with Crippen molar-refractivity contribution in [2.75, 3.05) is 20.2 Å². The largest absolute Gasteiger partial charge is 0.497 e. The Bertz CT molecular complexity index is 1360. The summed E-state index contributed by atoms with van der Waals surface area (Å²) in [7, 11) is 1.69. The molecule has 1 aliphatic rings. The Hall–Kier alpha value is -3.39. The van der Waals surface area contributed by atoms with E-state index in [0.29, 0.717) is 23.7 Å². The van der Waals surface area contributed by atoms with Crippen LogP contribution in [0.3, 0.4) is 0 Å². The van der Waals surface area contributed by atoms with Crippen molar-refractivity contribution >= 4 is 29.0 Å². The number of carbonyl (C=O) groups is 1. The van der Waals surface area contributed by atoms with Gasteiger partial charge in [0.25, 0.3) is 0 Å². The third-order valence-electron chi connectivity index (χ3n) is 6.83. The topological polar surface area (TPSA) is 78.9 Å². The highest BCUT2D eigenvalue weighted by Crippen LogP contribution is 2.34. The molecule has 2 aromatic heterocycles. The van der Waals surface area contributed by atoms with Crippen LogP contribution in [-0.4, -0.2) is 50.8 Å². The molecule has 34 heavy (non-hydrogen) atoms. The van der Waals surface area contributed by atoms with Gasteiger partial charge >= 0.3 is 0 Å². The van der Waals surface area contributed by atoms with Gasteiger partial charge in [0.1, 0.15) is 5.75 Å². The summed E-state index contributed by atoms with van der Waals surface area (Å²) in [6.45, 7) is 4.10. The second-order valence-electron chi connectivity index (χ2n) is 8.93. The molecule has 1 fully saturated rings. The van der Waals surface area contributed by atoms with Crippen LogP contribution in [0.2, 0.25) is 0 Å². The molecule has 0 spiro atoms. The number of carbonyl (C=O) groups excluding carboxylic acids is 1. The van der Waals surface area contributed by atoms with Gasteiger partial charge in [-0.1, -0.05) is 29.8 Å². The summed E-state index contributed by atoms with van der Waals surface area (Å²) in [5, 5.41) is 8.48. The summed E-state index contributed by atoms with van der Waals surface area (Å²) in [5.74, 6) is 2.23. The van der Waals surface area contributed by atoms with E-state index in [4.69, 9.17) is 17.0 Å². The Kier molecular flexibility index (Phi) is 6.24. The average molecular weight is 476 g/mol. The number of piperidine rings is 1. The zero-order chi connectivity index (χ0) is 23.7. The molecule has 0 unspecified atom stereocenters. The number of aromatic amines is 2. The molecule has 0 bridgehead atoms. The van der Waals surface area contributed by atoms with Gasteiger partial charge in [-0.2, -0.15) is 5.10 Å². The third-order valence-corrected chi connectivity index (χ3v) is 7.14. The van der Waals surface area contributed by atoms with E-state index in [1.807, 2.05) is 27.7 Å². The van der Waals surface area contributed by atoms with Gasteiger partial charge in [-0.15, -0.1) is 0 Å². The van der Waals surface area contributed by atoms with Crippen molar-refractivity contribution in [3.8, 4) is 17.1 Å². The minimum Gasteiger partial charge on any atom is -0.497 e. The summed E-state index contributed by atoms with van der Waals surface area (Å²) in [4.78, 5) is 18.4. The number of aryl methyl sites for hydroxylation is 1. The van der Waals surface area contributed by atoms with Crippen LogP contribution < -0.4 is 4.74 Å². The zero-order valence-electron chi connectivity index (χ0n) is 19.5. The predicted octanol–water partition coefficient (Wildman–Crippen LogP) is 5.20. The maximum Gasteiger partial charge on any atom is 0.224 e. The van der Waals surface area contributed by atoms with Crippen LogP contribution in [-0.2, 0) is 11.3 Å². The molecule has 2 aromatic carbocycles. The van der Waals surface area contributed by atoms with Gasteiger partial charge in [0.15, 0.2) is 10.6 Å². The first kappa shape index (κ1) is 22.4. The molecule has 1 saturated heterocycles. The number of benzene rings is 2. The van der Waals surface area contributed by atoms with E-state index in [9.17, 15) is 4.79 Å². The van der Waals surface area contributed by atoms with Gasteiger partial charge in [0.2, 0.25) is 5.91 Å². The number of likely N-dealkylation sites (tertiary alicyclic amines) is 1. The molecule has 4 aromatic rings. The summed E-state index contributed by atoms with van der Waals surface area (Å²) in [6.07, 6.45) is 4.42. The number of amides is 1. The number of nitrogens with zero attached hydrogens (tertiary/aromatic N) is 3. The molecular weight excluding hydrogens is 446 g/mol. The second-order valence-corrected chi connectivity index (χ2v) is 9.32. The Balaban J connectivity index is 1.22. The first-order valence-electron chi connectivity index (χ1n) is 11.7. The molecule has 3 heterocycles. The summed E-state index contributed by atoms with van der Waals surface area (Å²) in [5.41, 5.74) is 4.61. The van der Waals surface area contributed by atoms with Gasteiger partial charge < -0.3 is 14.6 Å². The summed E-state index contributed by atoms with van der Waals surface area (Å²) in [6, 6.07) is 14.3. The number of fused-ring (bicyclic) bond motifs is 1. The Labute approximate surface area is 203 Å². The highest BCUT2D eigenvalue weighted by atomic mass is 32.1. The van der Waals surface area contributed by atoms with Gasteiger partial charge in [0, 0.05) is 48.7 Å². The van der Waals surface area contributed by atoms with Crippen molar-refractivity contribution in [1.29, 1.82) is 0 Å². The fourth-order valence-electron chi connectivity index (χ4n) is 4.84. The maximum atomic E-state index is 13.0. The summed E-state index contributed by atoms with van der Waals surface area (Å²) >= 11 is 5.43. The molecule has 0 aliphatic carbocycles. The van der Waals surface area contributed by atoms with E-state index in [-0.39, 0.29) is 5.91 Å². The van der Waals surface area contributed by atoms with Crippen molar-refractivity contribution in [2.24, 2.45) is 0 Å². The average Bonchev–Trinajstić information content (AvgIpc) is 3.46. The lowest BCUT2D eigenvalue weighted by Crippen LogP contribution is -2.38. The number of rotatable bonds is 6. The minimum atomic E-state index is 0.164. The normalized spacial score (nSPS) is 14.6. The van der Waals surface area contributed by atoms with E-state index in [0.717, 1.165) is 48.6 Å². The number of hydrogen-bond acceptors (Lipinski definition) is 4. The number of H-pyrrole nitrogens is 2. The highest BCUT2D eigenvalue weighted by molar-refractivity contribution is 7.71. The number of methoxy groups -OCH3 is 1. The first-order chi connectivity index (χ1) is 16.5. The van der Waals surface area contributed by atoms with Gasteiger partial charge in [-0.05, 0) is 61.7 Å². The van der Waals surface area contributed by atoms with Crippen LogP contribution in [0.25, 0.3) is 22.3 Å². The predicted molar refractivity (Wildman–Crippen MR) is 136 cm³/mol. The van der Waals surface area contributed by atoms with E-state index < -0.39 is 0 Å². The van der Waals surface area contributed by atoms with Crippen molar-refractivity contribution in [3.05, 3.63) is 64.6 Å². The SMILES string of the molecule is COc1ccc2[nH]cc(C3CCN(C(=O)CCn4c(-c5ccc(C)cc5)n[nH]c4=S)CC3)c2c1. The molecule has 7 nitrogen and oxygen atoms in total. The maximum absolute atomic E-state index is 13.0. The standard InChI is InChI=1S/C26H29N5O2S/c1-17-3-5-19(6-4-17)25-28-29-26(34)31(25)14-11-24(32)30-12-9-18(10-13-30)22-16-27-23-8-7-20(33-2)15-21(22)23/h3-8,15-16,18,27H,9-14H2,1-2H3,(H,29,34). The van der Waals surface area contributed by atoms with E-state index in [1.165, 1.54) is 16.5 Å². The molecule has 0 atom stereocenters. The number of aromatic nitrogens is 4. The number of hydrogen-bond donors (Lipinski definition) is 2. The van der Waals surface area contributed by atoms with Crippen LogP contribution in [0.4, 0.5) is 0 Å². The number of nitrogens with one attached hydrogen (secondary N) is 2. The van der Waals surface area contributed by atoms with Crippen molar-refractivity contribution in [1.82, 2.24) is 24.6 Å². The van der Waals surface area contributed by atoms with Crippen LogP contribution in [0.5, 0.6) is 5.75 Å². The Morgan fingerprint density at radius 3 is 2.68 bits per heavy atom. The molecular formula is C26H29N5O2S. The molecule has 5 rings (SSSR count). The van der Waals surface area contributed by atoms with Gasteiger partial charge in [0.05, 0.1) is 7.11 Å². The fraction of sp³-hybridized carbons (Fsp3) is 0.346. The second kappa shape index (κ2) is 9.46. The highest BCUT2D eigenvalue weighted by Gasteiger charge is 2.25. The molecule has 1 aliphatic heterocycles.